The van der Waals surface area contributed by atoms with Gasteiger partial charge in [0.25, 0.3) is 0 Å². The molecular formula is C16H27N3O2. The van der Waals surface area contributed by atoms with Gasteiger partial charge in [-0.05, 0) is 18.3 Å². The second-order valence-electron chi connectivity index (χ2n) is 6.61. The van der Waals surface area contributed by atoms with E-state index in [2.05, 4.69) is 19.0 Å². The molecule has 1 aliphatic heterocycles. The Balaban J connectivity index is 2.10. The molecule has 21 heavy (non-hydrogen) atoms. The second kappa shape index (κ2) is 6.18. The molecule has 0 bridgehead atoms. The van der Waals surface area contributed by atoms with Crippen LogP contribution in [0.25, 0.3) is 0 Å². The highest BCUT2D eigenvalue weighted by atomic mass is 16.5. The molecule has 0 radical (unpaired) electrons. The Morgan fingerprint density at radius 3 is 2.71 bits per heavy atom. The third-order valence-electron chi connectivity index (χ3n) is 4.60. The van der Waals surface area contributed by atoms with Gasteiger partial charge < -0.3 is 15.2 Å². The molecule has 1 atom stereocenters. The zero-order valence-corrected chi connectivity index (χ0v) is 13.6. The third kappa shape index (κ3) is 3.28. The molecule has 0 spiro atoms. The van der Waals surface area contributed by atoms with Crippen LogP contribution in [0.3, 0.4) is 0 Å². The number of piperidine rings is 1. The molecule has 5 heteroatoms. The maximum Gasteiger partial charge on any atom is 0.227 e. The lowest BCUT2D eigenvalue weighted by molar-refractivity contribution is -0.133. The fourth-order valence-corrected chi connectivity index (χ4v) is 2.99. The van der Waals surface area contributed by atoms with Crippen LogP contribution in [-0.4, -0.2) is 35.1 Å². The third-order valence-corrected chi connectivity index (χ3v) is 4.60. The van der Waals surface area contributed by atoms with Crippen molar-refractivity contribution in [1.29, 1.82) is 0 Å². The molecule has 0 aliphatic carbocycles. The van der Waals surface area contributed by atoms with Crippen LogP contribution in [0.2, 0.25) is 0 Å². The highest BCUT2D eigenvalue weighted by molar-refractivity contribution is 5.79. The normalized spacial score (nSPS) is 21.6. The van der Waals surface area contributed by atoms with Crippen molar-refractivity contribution in [3.05, 3.63) is 17.0 Å². The highest BCUT2D eigenvalue weighted by Crippen LogP contribution is 2.28. The zero-order chi connectivity index (χ0) is 15.6. The predicted octanol–water partition coefficient (Wildman–Crippen LogP) is 1.93. The topological polar surface area (TPSA) is 72.4 Å². The Morgan fingerprint density at radius 2 is 2.14 bits per heavy atom. The smallest absolute Gasteiger partial charge is 0.227 e. The van der Waals surface area contributed by atoms with Gasteiger partial charge in [-0.25, -0.2) is 0 Å². The lowest BCUT2D eigenvalue weighted by atomic mass is 9.79. The van der Waals surface area contributed by atoms with E-state index < -0.39 is 0 Å². The number of likely N-dealkylation sites (tertiary alicyclic amines) is 1. The van der Waals surface area contributed by atoms with Crippen molar-refractivity contribution < 1.29 is 9.32 Å². The summed E-state index contributed by atoms with van der Waals surface area (Å²) in [6, 6.07) is 0.162. The number of nitrogens with zero attached hydrogens (tertiary/aromatic N) is 2. The molecule has 1 unspecified atom stereocenters. The number of nitrogens with two attached hydrogens (primary N) is 1. The van der Waals surface area contributed by atoms with Crippen LogP contribution in [0, 0.1) is 5.41 Å². The van der Waals surface area contributed by atoms with Crippen molar-refractivity contribution in [2.24, 2.45) is 11.1 Å². The van der Waals surface area contributed by atoms with Crippen molar-refractivity contribution >= 4 is 5.91 Å². The average Bonchev–Trinajstić information content (AvgIpc) is 2.83. The van der Waals surface area contributed by atoms with E-state index in [1.54, 1.807) is 0 Å². The van der Waals surface area contributed by atoms with E-state index in [-0.39, 0.29) is 17.4 Å². The summed E-state index contributed by atoms with van der Waals surface area (Å²) in [6.07, 6.45) is 2.82. The maximum absolute atomic E-state index is 12.6. The average molecular weight is 293 g/mol. The first-order valence-corrected chi connectivity index (χ1v) is 7.88. The van der Waals surface area contributed by atoms with Crippen LogP contribution in [-0.2, 0) is 24.1 Å². The van der Waals surface area contributed by atoms with Gasteiger partial charge >= 0.3 is 0 Å². The number of hydrogen-bond acceptors (Lipinski definition) is 4. The van der Waals surface area contributed by atoms with E-state index in [0.717, 1.165) is 49.4 Å². The summed E-state index contributed by atoms with van der Waals surface area (Å²) >= 11 is 0. The van der Waals surface area contributed by atoms with Gasteiger partial charge in [0, 0.05) is 31.1 Å². The molecule has 1 amide bonds. The van der Waals surface area contributed by atoms with Crippen molar-refractivity contribution in [1.82, 2.24) is 10.1 Å². The van der Waals surface area contributed by atoms with E-state index in [1.165, 1.54) is 0 Å². The van der Waals surface area contributed by atoms with Gasteiger partial charge in [-0.15, -0.1) is 0 Å². The number of amides is 1. The molecule has 1 aromatic rings. The van der Waals surface area contributed by atoms with Crippen LogP contribution < -0.4 is 5.73 Å². The summed E-state index contributed by atoms with van der Waals surface area (Å²) < 4.78 is 5.34. The minimum atomic E-state index is -0.0241. The van der Waals surface area contributed by atoms with Crippen LogP contribution in [0.5, 0.6) is 0 Å². The second-order valence-corrected chi connectivity index (χ2v) is 6.61. The molecule has 2 N–H and O–H groups in total. The molecular weight excluding hydrogens is 266 g/mol. The van der Waals surface area contributed by atoms with Gasteiger partial charge in [0.05, 0.1) is 12.1 Å². The fraction of sp³-hybridized carbons (Fsp3) is 0.750. The number of aromatic nitrogens is 1. The summed E-state index contributed by atoms with van der Waals surface area (Å²) in [4.78, 5) is 14.6. The van der Waals surface area contributed by atoms with Gasteiger partial charge in [0.2, 0.25) is 5.91 Å². The monoisotopic (exact) mass is 293 g/mol. The van der Waals surface area contributed by atoms with Crippen LogP contribution in [0.1, 0.15) is 51.1 Å². The van der Waals surface area contributed by atoms with Gasteiger partial charge in [-0.1, -0.05) is 32.9 Å². The van der Waals surface area contributed by atoms with E-state index >= 15 is 0 Å². The van der Waals surface area contributed by atoms with Crippen molar-refractivity contribution in [3.8, 4) is 0 Å². The Bertz CT molecular complexity index is 486. The summed E-state index contributed by atoms with van der Waals surface area (Å²) in [5, 5.41) is 4.08. The largest absolute Gasteiger partial charge is 0.361 e. The van der Waals surface area contributed by atoms with Gasteiger partial charge in [-0.3, -0.25) is 4.79 Å². The number of hydrogen-bond donors (Lipinski definition) is 1. The minimum Gasteiger partial charge on any atom is -0.361 e. The first kappa shape index (κ1) is 16.0. The van der Waals surface area contributed by atoms with Gasteiger partial charge in [0.15, 0.2) is 0 Å². The molecule has 1 fully saturated rings. The lowest BCUT2D eigenvalue weighted by Gasteiger charge is -2.42. The molecule has 1 aromatic heterocycles. The van der Waals surface area contributed by atoms with E-state index in [1.807, 2.05) is 18.7 Å². The van der Waals surface area contributed by atoms with E-state index in [4.69, 9.17) is 10.3 Å². The van der Waals surface area contributed by atoms with E-state index in [0.29, 0.717) is 6.42 Å². The molecule has 5 nitrogen and oxygen atoms in total. The quantitative estimate of drug-likeness (QED) is 0.920. The lowest BCUT2D eigenvalue weighted by Crippen LogP contribution is -2.54. The Kier molecular flexibility index (Phi) is 4.71. The number of carbonyl (C=O) groups excluding carboxylic acids is 1. The van der Waals surface area contributed by atoms with Crippen LogP contribution in [0.4, 0.5) is 0 Å². The number of rotatable bonds is 4. The molecule has 0 aromatic carbocycles. The first-order chi connectivity index (χ1) is 9.89. The van der Waals surface area contributed by atoms with Crippen molar-refractivity contribution in [3.63, 3.8) is 0 Å². The molecule has 1 saturated heterocycles. The minimum absolute atomic E-state index is 0.0241. The molecule has 118 valence electrons. The summed E-state index contributed by atoms with van der Waals surface area (Å²) in [5.41, 5.74) is 8.01. The number of carbonyl (C=O) groups is 1. The molecule has 1 aliphatic rings. The van der Waals surface area contributed by atoms with Crippen LogP contribution >= 0.6 is 0 Å². The van der Waals surface area contributed by atoms with Gasteiger partial charge in [-0.2, -0.15) is 0 Å². The highest BCUT2D eigenvalue weighted by Gasteiger charge is 2.35. The first-order valence-electron chi connectivity index (χ1n) is 7.88. The fourth-order valence-electron chi connectivity index (χ4n) is 2.99. The Morgan fingerprint density at radius 1 is 1.43 bits per heavy atom. The van der Waals surface area contributed by atoms with Gasteiger partial charge in [0.1, 0.15) is 5.76 Å². The van der Waals surface area contributed by atoms with E-state index in [9.17, 15) is 4.79 Å². The zero-order valence-electron chi connectivity index (χ0n) is 13.6. The molecule has 0 saturated carbocycles. The summed E-state index contributed by atoms with van der Waals surface area (Å²) in [6.45, 7) is 9.79. The molecule has 2 rings (SSSR count). The van der Waals surface area contributed by atoms with Crippen molar-refractivity contribution in [2.45, 2.75) is 59.4 Å². The standard InChI is InChI=1S/C16H27N3O2/c1-5-12-11(13(6-2)21-18-12)9-15(20)19-8-7-14(17)16(3,4)10-19/h14H,5-10,17H2,1-4H3. The summed E-state index contributed by atoms with van der Waals surface area (Å²) in [7, 11) is 0. The predicted molar refractivity (Wildman–Crippen MR) is 81.9 cm³/mol. The van der Waals surface area contributed by atoms with Crippen LogP contribution in [0.15, 0.2) is 4.52 Å². The maximum atomic E-state index is 12.6. The molecule has 2 heterocycles. The number of aryl methyl sites for hydroxylation is 2. The SMILES string of the molecule is CCc1noc(CC)c1CC(=O)N1CCC(N)C(C)(C)C1. The van der Waals surface area contributed by atoms with Crippen molar-refractivity contribution in [2.75, 3.05) is 13.1 Å². The summed E-state index contributed by atoms with van der Waals surface area (Å²) in [5.74, 6) is 0.996. The Labute approximate surface area is 126 Å². The Hall–Kier alpha value is -1.36.